The molecule has 0 bridgehead atoms. The molecule has 0 fully saturated rings. The van der Waals surface area contributed by atoms with Crippen LogP contribution in [0.25, 0.3) is 0 Å². The fourth-order valence-corrected chi connectivity index (χ4v) is 9.29. The van der Waals surface area contributed by atoms with E-state index in [2.05, 4.69) is 95.2 Å². The van der Waals surface area contributed by atoms with Gasteiger partial charge in [-0.3, -0.25) is 9.59 Å². The molecule has 0 aromatic rings. The quantitative estimate of drug-likeness (QED) is 0.0255. The Balaban J connectivity index is 6.18. The van der Waals surface area contributed by atoms with E-state index in [1.807, 2.05) is 6.08 Å². The number of hydrogen-bond acceptors (Lipinski definition) is 8. The van der Waals surface area contributed by atoms with Crippen molar-refractivity contribution < 1.29 is 37.4 Å². The number of rotatable bonds is 23. The molecule has 44 heavy (non-hydrogen) atoms. The van der Waals surface area contributed by atoms with Crippen molar-refractivity contribution in [3.8, 4) is 0 Å². The van der Waals surface area contributed by atoms with Gasteiger partial charge >= 0.3 is 5.97 Å². The van der Waals surface area contributed by atoms with Gasteiger partial charge in [0.25, 0.3) is 0 Å². The van der Waals surface area contributed by atoms with Crippen LogP contribution in [0.3, 0.4) is 0 Å². The molecule has 0 N–H and O–H groups in total. The number of esters is 1. The van der Waals surface area contributed by atoms with Gasteiger partial charge in [0.05, 0.1) is 39.0 Å². The average molecular weight is 771 g/mol. The topological polar surface area (TPSA) is 89.5 Å². The van der Waals surface area contributed by atoms with Gasteiger partial charge in [0.1, 0.15) is 12.4 Å². The molecule has 8 nitrogen and oxygen atoms in total. The van der Waals surface area contributed by atoms with Gasteiger partial charge in [-0.2, -0.15) is 0 Å². The van der Waals surface area contributed by atoms with Gasteiger partial charge in [-0.25, -0.2) is 0 Å². The van der Waals surface area contributed by atoms with Gasteiger partial charge in [0, 0.05) is 13.0 Å². The van der Waals surface area contributed by atoms with Crippen molar-refractivity contribution in [1.29, 1.82) is 0 Å². The van der Waals surface area contributed by atoms with E-state index in [9.17, 15) is 9.59 Å². The maximum atomic E-state index is 13.9. The molecule has 0 unspecified atom stereocenters. The second-order valence-electron chi connectivity index (χ2n) is 13.4. The summed E-state index contributed by atoms with van der Waals surface area (Å²) < 4.78 is 37.4. The van der Waals surface area contributed by atoms with E-state index in [0.717, 1.165) is 23.7 Å². The van der Waals surface area contributed by atoms with Gasteiger partial charge in [-0.15, -0.1) is 0 Å². The molecular formula is C33H63IO8Si2. The fourth-order valence-electron chi connectivity index (χ4n) is 4.60. The predicted molar refractivity (Wildman–Crippen MR) is 193 cm³/mol. The molecule has 4 atom stereocenters. The number of halogens is 1. The molecule has 0 amide bonds. The summed E-state index contributed by atoms with van der Waals surface area (Å²) in [6.07, 6.45) is 3.98. The van der Waals surface area contributed by atoms with Gasteiger partial charge in [0.15, 0.2) is 22.4 Å². The van der Waals surface area contributed by atoms with E-state index in [1.165, 1.54) is 7.11 Å². The molecule has 0 radical (unpaired) electrons. The summed E-state index contributed by atoms with van der Waals surface area (Å²) >= 11 is 2.27. The lowest BCUT2D eigenvalue weighted by Gasteiger charge is -2.40. The van der Waals surface area contributed by atoms with Crippen LogP contribution in [0.15, 0.2) is 21.8 Å². The van der Waals surface area contributed by atoms with Gasteiger partial charge in [-0.05, 0) is 78.7 Å². The molecule has 0 saturated heterocycles. The van der Waals surface area contributed by atoms with E-state index in [1.54, 1.807) is 20.1 Å². The molecule has 0 saturated carbocycles. The summed E-state index contributed by atoms with van der Waals surface area (Å²) in [5.74, 6) is -0.517. The van der Waals surface area contributed by atoms with Crippen LogP contribution in [0.1, 0.15) is 81.6 Å². The summed E-state index contributed by atoms with van der Waals surface area (Å²) in [6.45, 7) is 24.2. The average Bonchev–Trinajstić information content (AvgIpc) is 2.98. The predicted octanol–water partition coefficient (Wildman–Crippen LogP) is 8.61. The first kappa shape index (κ1) is 43.6. The first-order chi connectivity index (χ1) is 20.4. The molecule has 0 aliphatic heterocycles. The molecule has 0 spiro atoms. The highest BCUT2D eigenvalue weighted by atomic mass is 127. The largest absolute Gasteiger partial charge is 0.469 e. The minimum atomic E-state index is -2.20. The van der Waals surface area contributed by atoms with Crippen molar-refractivity contribution in [1.82, 2.24) is 0 Å². The van der Waals surface area contributed by atoms with Crippen LogP contribution in [-0.4, -0.2) is 80.4 Å². The molecule has 0 rings (SSSR count). The zero-order chi connectivity index (χ0) is 34.2. The van der Waals surface area contributed by atoms with E-state index < -0.39 is 28.3 Å². The smallest absolute Gasteiger partial charge is 0.308 e. The summed E-state index contributed by atoms with van der Waals surface area (Å²) in [5.41, 5.74) is -0.0327. The highest BCUT2D eigenvalue weighted by Crippen LogP contribution is 2.39. The molecule has 0 heterocycles. The summed E-state index contributed by atoms with van der Waals surface area (Å²) in [7, 11) is -1.10. The Bertz CT molecular complexity index is 906. The molecule has 0 aliphatic rings. The highest BCUT2D eigenvalue weighted by molar-refractivity contribution is 14.1. The van der Waals surface area contributed by atoms with Crippen molar-refractivity contribution in [3.63, 3.8) is 0 Å². The Hall–Kier alpha value is -0.416. The third-order valence-electron chi connectivity index (χ3n) is 9.21. The van der Waals surface area contributed by atoms with Gasteiger partial charge in [-0.1, -0.05) is 77.1 Å². The summed E-state index contributed by atoms with van der Waals surface area (Å²) in [4.78, 5) is 26.2. The van der Waals surface area contributed by atoms with Gasteiger partial charge in [0.2, 0.25) is 0 Å². The lowest BCUT2D eigenvalue weighted by Crippen LogP contribution is -2.45. The van der Waals surface area contributed by atoms with Crippen LogP contribution in [0.2, 0.25) is 36.3 Å². The van der Waals surface area contributed by atoms with Crippen molar-refractivity contribution in [2.75, 3.05) is 34.2 Å². The number of ketones is 1. The second-order valence-corrected chi connectivity index (χ2v) is 23.5. The van der Waals surface area contributed by atoms with Crippen molar-refractivity contribution in [3.05, 3.63) is 21.8 Å². The number of methoxy groups -OCH3 is 2. The van der Waals surface area contributed by atoms with Crippen LogP contribution in [0, 0.1) is 5.92 Å². The number of carbonyl (C=O) groups excluding carboxylic acids is 2. The molecule has 0 aromatic carbocycles. The maximum absolute atomic E-state index is 13.9. The Kier molecular flexibility index (Phi) is 20.5. The summed E-state index contributed by atoms with van der Waals surface area (Å²) in [6, 6.07) is 3.16. The zero-order valence-electron chi connectivity index (χ0n) is 30.0. The molecular weight excluding hydrogens is 707 g/mol. The normalized spacial score (nSPS) is 16.9. The van der Waals surface area contributed by atoms with E-state index in [4.69, 9.17) is 27.8 Å². The third-order valence-corrected chi connectivity index (χ3v) is 19.3. The molecule has 258 valence electrons. The van der Waals surface area contributed by atoms with E-state index in [0.29, 0.717) is 26.1 Å². The van der Waals surface area contributed by atoms with Crippen molar-refractivity contribution >= 4 is 51.0 Å². The maximum Gasteiger partial charge on any atom is 0.308 e. The Morgan fingerprint density at radius 2 is 1.55 bits per heavy atom. The van der Waals surface area contributed by atoms with Crippen LogP contribution < -0.4 is 0 Å². The monoisotopic (exact) mass is 770 g/mol. The third kappa shape index (κ3) is 14.6. The highest BCUT2D eigenvalue weighted by Gasteiger charge is 2.41. The standard InChI is InChI=1S/C33H63IO8Si2/c1-14-44(15-2,16-3)42-31(27(5)24-34)26(4)17-18-29(35)33(9,40-25-39-22-21-37-10)20-19-28(23-30(36)38-11)41-43(12,13)32(6,7)8/h17-18,24,26,28,31H,14-16,19-23,25H2,1-13H3/b18-17-,27-24+/t26-,28+,31-,33+/m0/s1. The lowest BCUT2D eigenvalue weighted by atomic mass is 9.90. The SMILES string of the molecule is CC[Si](CC)(CC)O[C@H](/C(C)=C/I)[C@@H](C)/C=C\C(=O)[C@@](C)(CC[C@H](CC(=O)OC)O[Si](C)(C)C(C)(C)C)OCOCCOC. The minimum absolute atomic E-state index is 0.0160. The van der Waals surface area contributed by atoms with Gasteiger partial charge < -0.3 is 27.8 Å². The minimum Gasteiger partial charge on any atom is -0.469 e. The Morgan fingerprint density at radius 3 is 2.02 bits per heavy atom. The molecule has 11 heteroatoms. The van der Waals surface area contributed by atoms with Crippen LogP contribution >= 0.6 is 22.6 Å². The fraction of sp³-hybridized carbons (Fsp3) is 0.818. The molecule has 0 aromatic heterocycles. The zero-order valence-corrected chi connectivity index (χ0v) is 34.1. The number of hydrogen-bond donors (Lipinski definition) is 0. The van der Waals surface area contributed by atoms with Crippen LogP contribution in [0.5, 0.6) is 0 Å². The number of carbonyl (C=O) groups is 2. The Labute approximate surface area is 284 Å². The van der Waals surface area contributed by atoms with Crippen molar-refractivity contribution in [2.45, 2.75) is 136 Å². The first-order valence-corrected chi connectivity index (χ1v) is 22.7. The molecule has 0 aliphatic carbocycles. The van der Waals surface area contributed by atoms with E-state index in [-0.39, 0.29) is 42.0 Å². The van der Waals surface area contributed by atoms with Crippen LogP contribution in [-0.2, 0) is 37.4 Å². The second kappa shape index (κ2) is 20.7. The van der Waals surface area contributed by atoms with Crippen LogP contribution in [0.4, 0.5) is 0 Å². The van der Waals surface area contributed by atoms with Crippen molar-refractivity contribution in [2.24, 2.45) is 5.92 Å². The summed E-state index contributed by atoms with van der Waals surface area (Å²) in [5, 5.41) is -0.0397. The number of ether oxygens (including phenoxy) is 4. The lowest BCUT2D eigenvalue weighted by molar-refractivity contribution is -0.163. The Morgan fingerprint density at radius 1 is 0.955 bits per heavy atom. The van der Waals surface area contributed by atoms with E-state index >= 15 is 0 Å². The first-order valence-electron chi connectivity index (χ1n) is 16.0.